The maximum atomic E-state index is 13.4. The second-order valence-electron chi connectivity index (χ2n) is 5.47. The Morgan fingerprint density at radius 2 is 2.20 bits per heavy atom. The van der Waals surface area contributed by atoms with Gasteiger partial charge in [-0.15, -0.1) is 11.3 Å². The van der Waals surface area contributed by atoms with E-state index in [1.54, 1.807) is 29.2 Å². The number of hydrogen-bond donors (Lipinski definition) is 1. The highest BCUT2D eigenvalue weighted by Crippen LogP contribution is 2.24. The smallest absolute Gasteiger partial charge is 0.246 e. The summed E-state index contributed by atoms with van der Waals surface area (Å²) in [6.07, 6.45) is 5.19. The molecule has 0 unspecified atom stereocenters. The zero-order valence-corrected chi connectivity index (χ0v) is 13.8. The average molecular weight is 352 g/mol. The highest BCUT2D eigenvalue weighted by Gasteiger charge is 2.10. The third-order valence-electron chi connectivity index (χ3n) is 3.76. The number of carbonyl (C=O) groups is 1. The molecule has 124 valence electrons. The quantitative estimate of drug-likeness (QED) is 0.605. The normalized spacial score (nSPS) is 10.9. The van der Waals surface area contributed by atoms with Crippen LogP contribution >= 0.6 is 11.3 Å². The van der Waals surface area contributed by atoms with Crippen LogP contribution in [0.25, 0.3) is 22.2 Å². The molecule has 0 aliphatic carbocycles. The van der Waals surface area contributed by atoms with E-state index in [2.05, 4.69) is 15.3 Å². The molecule has 5 nitrogen and oxygen atoms in total. The molecule has 0 saturated heterocycles. The Bertz CT molecular complexity index is 1040. The first-order valence-corrected chi connectivity index (χ1v) is 8.47. The molecule has 3 heterocycles. The molecule has 0 radical (unpaired) electrons. The molecule has 0 aliphatic rings. The summed E-state index contributed by atoms with van der Waals surface area (Å²) in [5.74, 6) is -0.539. The highest BCUT2D eigenvalue weighted by atomic mass is 32.1. The van der Waals surface area contributed by atoms with E-state index in [4.69, 9.17) is 0 Å². The van der Waals surface area contributed by atoms with Crippen molar-refractivity contribution in [3.8, 4) is 11.3 Å². The van der Waals surface area contributed by atoms with E-state index >= 15 is 0 Å². The Morgan fingerprint density at radius 3 is 3.04 bits per heavy atom. The average Bonchev–Trinajstić information content (AvgIpc) is 3.23. The first-order chi connectivity index (χ1) is 12.2. The first kappa shape index (κ1) is 15.5. The Balaban J connectivity index is 1.49. The third kappa shape index (κ3) is 3.27. The first-order valence-electron chi connectivity index (χ1n) is 7.59. The minimum Gasteiger partial charge on any atom is -0.338 e. The van der Waals surface area contributed by atoms with Gasteiger partial charge in [0.15, 0.2) is 5.13 Å². The number of benzene rings is 1. The van der Waals surface area contributed by atoms with E-state index in [-0.39, 0.29) is 18.3 Å². The Labute approximate surface area is 146 Å². The summed E-state index contributed by atoms with van der Waals surface area (Å²) in [5, 5.41) is 6.06. The standard InChI is InChI=1S/C18H13FN4OS/c19-14-4-3-12-5-7-23(16(12)8-14)10-17(24)22-18-21-15(11-25-18)13-2-1-6-20-9-13/h1-9,11H,10H2,(H,21,22,24). The molecule has 0 aliphatic heterocycles. The summed E-state index contributed by atoms with van der Waals surface area (Å²) in [7, 11) is 0. The van der Waals surface area contributed by atoms with Gasteiger partial charge in [-0.05, 0) is 41.8 Å². The fraction of sp³-hybridized carbons (Fsp3) is 0.0556. The van der Waals surface area contributed by atoms with Gasteiger partial charge in [0.2, 0.25) is 5.91 Å². The number of rotatable bonds is 4. The zero-order valence-electron chi connectivity index (χ0n) is 13.0. The second kappa shape index (κ2) is 6.45. The molecule has 0 saturated carbocycles. The van der Waals surface area contributed by atoms with E-state index < -0.39 is 0 Å². The SMILES string of the molecule is O=C(Cn1ccc2ccc(F)cc21)Nc1nc(-c2cccnc2)cs1. The summed E-state index contributed by atoms with van der Waals surface area (Å²) in [4.78, 5) is 20.7. The third-order valence-corrected chi connectivity index (χ3v) is 4.52. The minimum absolute atomic E-state index is 0.0920. The van der Waals surface area contributed by atoms with Gasteiger partial charge >= 0.3 is 0 Å². The maximum Gasteiger partial charge on any atom is 0.246 e. The Hall–Kier alpha value is -3.06. The molecule has 1 N–H and O–H groups in total. The number of hydrogen-bond acceptors (Lipinski definition) is 4. The van der Waals surface area contributed by atoms with E-state index in [0.717, 1.165) is 16.6 Å². The van der Waals surface area contributed by atoms with E-state index in [1.807, 2.05) is 23.6 Å². The lowest BCUT2D eigenvalue weighted by molar-refractivity contribution is -0.116. The summed E-state index contributed by atoms with van der Waals surface area (Å²) < 4.78 is 15.1. The Morgan fingerprint density at radius 1 is 1.28 bits per heavy atom. The molecule has 4 rings (SSSR count). The van der Waals surface area contributed by atoms with Crippen LogP contribution in [0.1, 0.15) is 0 Å². The predicted molar refractivity (Wildman–Crippen MR) is 95.9 cm³/mol. The van der Waals surface area contributed by atoms with Crippen molar-refractivity contribution in [3.63, 3.8) is 0 Å². The van der Waals surface area contributed by atoms with Crippen molar-refractivity contribution in [2.24, 2.45) is 0 Å². The van der Waals surface area contributed by atoms with Gasteiger partial charge in [-0.3, -0.25) is 9.78 Å². The number of pyridine rings is 1. The van der Waals surface area contributed by atoms with Gasteiger partial charge in [0.25, 0.3) is 0 Å². The van der Waals surface area contributed by atoms with Gasteiger partial charge in [0, 0.05) is 29.5 Å². The van der Waals surface area contributed by atoms with Crippen molar-refractivity contribution >= 4 is 33.3 Å². The second-order valence-corrected chi connectivity index (χ2v) is 6.33. The zero-order chi connectivity index (χ0) is 17.2. The molecule has 25 heavy (non-hydrogen) atoms. The maximum absolute atomic E-state index is 13.4. The predicted octanol–water partition coefficient (Wildman–Crippen LogP) is 3.94. The fourth-order valence-corrected chi connectivity index (χ4v) is 3.32. The van der Waals surface area contributed by atoms with Gasteiger partial charge < -0.3 is 9.88 Å². The molecule has 0 bridgehead atoms. The van der Waals surface area contributed by atoms with Crippen molar-refractivity contribution < 1.29 is 9.18 Å². The van der Waals surface area contributed by atoms with Crippen molar-refractivity contribution in [3.05, 3.63) is 66.2 Å². The van der Waals surface area contributed by atoms with Crippen molar-refractivity contribution in [2.75, 3.05) is 5.32 Å². The van der Waals surface area contributed by atoms with Crippen molar-refractivity contribution in [1.29, 1.82) is 0 Å². The number of carbonyl (C=O) groups excluding carboxylic acids is 1. The molecule has 1 amide bonds. The number of nitrogens with zero attached hydrogens (tertiary/aromatic N) is 3. The van der Waals surface area contributed by atoms with E-state index in [9.17, 15) is 9.18 Å². The van der Waals surface area contributed by atoms with Crippen LogP contribution in [0.3, 0.4) is 0 Å². The van der Waals surface area contributed by atoms with Crippen LogP contribution in [0.2, 0.25) is 0 Å². The molecule has 7 heteroatoms. The summed E-state index contributed by atoms with van der Waals surface area (Å²) >= 11 is 1.35. The number of nitrogens with one attached hydrogen (secondary N) is 1. The molecule has 4 aromatic rings. The Kier molecular flexibility index (Phi) is 3.99. The number of amides is 1. The minimum atomic E-state index is -0.325. The van der Waals surface area contributed by atoms with Crippen LogP contribution in [0.5, 0.6) is 0 Å². The number of fused-ring (bicyclic) bond motifs is 1. The van der Waals surface area contributed by atoms with Gasteiger partial charge in [-0.2, -0.15) is 0 Å². The number of anilines is 1. The molecule has 0 fully saturated rings. The van der Waals surface area contributed by atoms with Gasteiger partial charge in [0.05, 0.1) is 11.2 Å². The van der Waals surface area contributed by atoms with E-state index in [0.29, 0.717) is 10.6 Å². The van der Waals surface area contributed by atoms with Crippen molar-refractivity contribution in [1.82, 2.24) is 14.5 Å². The summed E-state index contributed by atoms with van der Waals surface area (Å²) in [5.41, 5.74) is 2.35. The van der Waals surface area contributed by atoms with Crippen LogP contribution in [-0.2, 0) is 11.3 Å². The van der Waals surface area contributed by atoms with Crippen LogP contribution in [0.15, 0.2) is 60.4 Å². The monoisotopic (exact) mass is 352 g/mol. The molecule has 1 aromatic carbocycles. The number of aromatic nitrogens is 3. The lowest BCUT2D eigenvalue weighted by Crippen LogP contribution is -2.18. The van der Waals surface area contributed by atoms with Gasteiger partial charge in [-0.25, -0.2) is 9.37 Å². The van der Waals surface area contributed by atoms with Crippen LogP contribution in [0, 0.1) is 5.82 Å². The van der Waals surface area contributed by atoms with Gasteiger partial charge in [0.1, 0.15) is 12.4 Å². The molecule has 3 aromatic heterocycles. The van der Waals surface area contributed by atoms with Gasteiger partial charge in [-0.1, -0.05) is 0 Å². The molecular formula is C18H13FN4OS. The molecule has 0 atom stereocenters. The van der Waals surface area contributed by atoms with Crippen molar-refractivity contribution in [2.45, 2.75) is 6.54 Å². The molecule has 0 spiro atoms. The summed E-state index contributed by atoms with van der Waals surface area (Å²) in [6.45, 7) is 0.0920. The largest absolute Gasteiger partial charge is 0.338 e. The lowest BCUT2D eigenvalue weighted by atomic mass is 10.2. The van der Waals surface area contributed by atoms with Crippen LogP contribution in [-0.4, -0.2) is 20.4 Å². The van der Waals surface area contributed by atoms with Crippen LogP contribution < -0.4 is 5.32 Å². The topological polar surface area (TPSA) is 59.8 Å². The highest BCUT2D eigenvalue weighted by molar-refractivity contribution is 7.14. The molecular weight excluding hydrogens is 339 g/mol. The van der Waals surface area contributed by atoms with Crippen LogP contribution in [0.4, 0.5) is 9.52 Å². The van der Waals surface area contributed by atoms with E-state index in [1.165, 1.54) is 23.5 Å². The fourth-order valence-electron chi connectivity index (χ4n) is 2.59. The lowest BCUT2D eigenvalue weighted by Gasteiger charge is -2.05. The summed E-state index contributed by atoms with van der Waals surface area (Å²) in [6, 6.07) is 10.1. The number of thiazole rings is 1. The number of halogens is 1.